The molecule has 2 aromatic rings. The van der Waals surface area contributed by atoms with E-state index in [2.05, 4.69) is 26.7 Å². The Kier molecular flexibility index (Phi) is 11.1. The van der Waals surface area contributed by atoms with Gasteiger partial charge in [0.1, 0.15) is 5.75 Å². The van der Waals surface area contributed by atoms with Gasteiger partial charge in [0, 0.05) is 62.4 Å². The number of benzene rings is 2. The summed E-state index contributed by atoms with van der Waals surface area (Å²) in [5.41, 5.74) is 2.09. The van der Waals surface area contributed by atoms with Crippen LogP contribution in [0.15, 0.2) is 36.4 Å². The number of nitrogens with one attached hydrogen (secondary N) is 1. The number of amides is 2. The van der Waals surface area contributed by atoms with E-state index in [0.29, 0.717) is 82.5 Å². The number of carbonyl (C=O) groups excluding carboxylic acids is 2. The Labute approximate surface area is 319 Å². The van der Waals surface area contributed by atoms with Gasteiger partial charge in [-0.3, -0.25) is 14.5 Å². The highest BCUT2D eigenvalue weighted by Crippen LogP contribution is 2.49. The van der Waals surface area contributed by atoms with Gasteiger partial charge in [-0.1, -0.05) is 31.0 Å². The zero-order chi connectivity index (χ0) is 37.5. The smallest absolute Gasteiger partial charge is 0.264 e. The van der Waals surface area contributed by atoms with Crippen LogP contribution in [-0.4, -0.2) is 112 Å². The standard InChI is InChI=1S/C40H55ClN4O7S/c1-27-6-4-15-40(48,25-43-16-17-44(18-19-51-3)37(46)23-43)34-11-8-31(34)22-45-24-39(14-5-7-29-20-32(41)10-12-33(29)39)26-52-36-13-9-30(21-35(36)45)38(47)42-53(49,50)28(27)2/h9-10,12-13,20-21,27-28,31,34,48H,4-8,11,14-19,22-26H2,1-3H3,(H,42,47)/t27-,28+,31-,34+,39-,40+/m0/s1. The minimum Gasteiger partial charge on any atom is -0.490 e. The number of methoxy groups -OCH3 is 1. The summed E-state index contributed by atoms with van der Waals surface area (Å²) in [6, 6.07) is 11.4. The van der Waals surface area contributed by atoms with Gasteiger partial charge in [-0.25, -0.2) is 13.1 Å². The molecule has 0 unspecified atom stereocenters. The van der Waals surface area contributed by atoms with Crippen molar-refractivity contribution in [2.45, 2.75) is 81.5 Å². The number of ether oxygens (including phenoxy) is 2. The number of piperazine rings is 1. The van der Waals surface area contributed by atoms with Crippen molar-refractivity contribution in [3.8, 4) is 5.75 Å². The van der Waals surface area contributed by atoms with Crippen molar-refractivity contribution in [2.75, 3.05) is 71.0 Å². The van der Waals surface area contributed by atoms with E-state index >= 15 is 0 Å². The van der Waals surface area contributed by atoms with Gasteiger partial charge in [-0.2, -0.15) is 0 Å². The first-order chi connectivity index (χ1) is 25.3. The Hall–Kier alpha value is -2.90. The first-order valence-electron chi connectivity index (χ1n) is 19.4. The van der Waals surface area contributed by atoms with Crippen molar-refractivity contribution in [2.24, 2.45) is 17.8 Å². The summed E-state index contributed by atoms with van der Waals surface area (Å²) in [5, 5.41) is 12.7. The van der Waals surface area contributed by atoms with E-state index in [1.165, 1.54) is 11.1 Å². The molecule has 11 nitrogen and oxygen atoms in total. The molecule has 2 bridgehead atoms. The van der Waals surface area contributed by atoms with E-state index < -0.39 is 26.8 Å². The van der Waals surface area contributed by atoms with E-state index in [9.17, 15) is 23.1 Å². The maximum Gasteiger partial charge on any atom is 0.264 e. The van der Waals surface area contributed by atoms with Gasteiger partial charge >= 0.3 is 0 Å². The van der Waals surface area contributed by atoms with Gasteiger partial charge in [0.15, 0.2) is 0 Å². The summed E-state index contributed by atoms with van der Waals surface area (Å²) in [5.74, 6) is -0.0509. The largest absolute Gasteiger partial charge is 0.490 e. The third-order valence-electron chi connectivity index (χ3n) is 13.1. The monoisotopic (exact) mass is 770 g/mol. The Morgan fingerprint density at radius 1 is 1.06 bits per heavy atom. The summed E-state index contributed by atoms with van der Waals surface area (Å²) in [4.78, 5) is 33.0. The van der Waals surface area contributed by atoms with Crippen LogP contribution < -0.4 is 14.4 Å². The summed E-state index contributed by atoms with van der Waals surface area (Å²) in [6.45, 7) is 8.24. The van der Waals surface area contributed by atoms with Crippen LogP contribution >= 0.6 is 11.6 Å². The van der Waals surface area contributed by atoms with Crippen LogP contribution in [0.3, 0.4) is 0 Å². The van der Waals surface area contributed by atoms with E-state index in [1.807, 2.05) is 17.9 Å². The second-order valence-corrected chi connectivity index (χ2v) is 18.9. The number of nitrogens with zero attached hydrogens (tertiary/aromatic N) is 3. The average molecular weight is 771 g/mol. The SMILES string of the molecule is COCCN1CCN(C[C@]2(O)CCC[C@H](C)[C@@H](C)S(=O)(=O)NC(=O)c3ccc4c(c3)N(C[C@@H]3CC[C@H]32)C[C@@]2(CCCc3cc(Cl)ccc32)CO4)CC1=O. The lowest BCUT2D eigenvalue weighted by Crippen LogP contribution is -2.60. The molecule has 2 fully saturated rings. The maximum atomic E-state index is 13.6. The molecule has 6 atom stereocenters. The molecule has 3 aliphatic heterocycles. The van der Waals surface area contributed by atoms with Crippen molar-refractivity contribution < 1.29 is 32.6 Å². The number of halogens is 1. The molecule has 3 heterocycles. The van der Waals surface area contributed by atoms with Crippen LogP contribution in [0.5, 0.6) is 5.75 Å². The second kappa shape index (κ2) is 15.3. The van der Waals surface area contributed by atoms with Crippen LogP contribution in [0.2, 0.25) is 5.02 Å². The number of hydrogen-bond donors (Lipinski definition) is 2. The van der Waals surface area contributed by atoms with Crippen molar-refractivity contribution in [3.63, 3.8) is 0 Å². The van der Waals surface area contributed by atoms with Crippen LogP contribution in [-0.2, 0) is 31.4 Å². The zero-order valence-electron chi connectivity index (χ0n) is 31.3. The van der Waals surface area contributed by atoms with Crippen LogP contribution in [0.4, 0.5) is 5.69 Å². The second-order valence-electron chi connectivity index (χ2n) is 16.5. The number of sulfonamides is 1. The molecule has 1 saturated heterocycles. The molecule has 2 N–H and O–H groups in total. The first kappa shape index (κ1) is 38.4. The molecule has 13 heteroatoms. The van der Waals surface area contributed by atoms with Crippen molar-refractivity contribution in [1.29, 1.82) is 0 Å². The number of fused-ring (bicyclic) bond motifs is 4. The number of carbonyl (C=O) groups is 2. The number of hydrogen-bond acceptors (Lipinski definition) is 9. The molecular weight excluding hydrogens is 716 g/mol. The molecule has 0 aromatic heterocycles. The summed E-state index contributed by atoms with van der Waals surface area (Å²) < 4.78 is 41.3. The predicted octanol–water partition coefficient (Wildman–Crippen LogP) is 4.63. The fourth-order valence-electron chi connectivity index (χ4n) is 9.68. The molecule has 7 rings (SSSR count). The average Bonchev–Trinajstić information content (AvgIpc) is 3.25. The fraction of sp³-hybridized carbons (Fsp3) is 0.650. The van der Waals surface area contributed by atoms with Gasteiger partial charge in [-0.15, -0.1) is 0 Å². The molecule has 53 heavy (non-hydrogen) atoms. The Balaban J connectivity index is 1.24. The quantitative estimate of drug-likeness (QED) is 0.448. The van der Waals surface area contributed by atoms with E-state index in [-0.39, 0.29) is 41.2 Å². The van der Waals surface area contributed by atoms with E-state index in [1.54, 1.807) is 32.2 Å². The topological polar surface area (TPSA) is 129 Å². The van der Waals surface area contributed by atoms with Gasteiger partial charge in [-0.05, 0) is 111 Å². The third-order valence-corrected chi connectivity index (χ3v) is 15.3. The summed E-state index contributed by atoms with van der Waals surface area (Å²) >= 11 is 6.47. The molecule has 2 aromatic carbocycles. The van der Waals surface area contributed by atoms with Gasteiger partial charge in [0.05, 0.1) is 36.3 Å². The highest BCUT2D eigenvalue weighted by Gasteiger charge is 2.50. The van der Waals surface area contributed by atoms with Gasteiger partial charge in [0.2, 0.25) is 15.9 Å². The third kappa shape index (κ3) is 7.81. The van der Waals surface area contributed by atoms with Crippen LogP contribution in [0.25, 0.3) is 0 Å². The first-order valence-corrected chi connectivity index (χ1v) is 21.3. The number of aryl methyl sites for hydroxylation is 1. The molecule has 2 aliphatic carbocycles. The number of anilines is 1. The Morgan fingerprint density at radius 3 is 2.64 bits per heavy atom. The van der Waals surface area contributed by atoms with E-state index in [4.69, 9.17) is 21.1 Å². The highest BCUT2D eigenvalue weighted by atomic mass is 35.5. The van der Waals surface area contributed by atoms with Crippen molar-refractivity contribution in [3.05, 3.63) is 58.1 Å². The fourth-order valence-corrected chi connectivity index (χ4v) is 11.2. The Morgan fingerprint density at radius 2 is 1.89 bits per heavy atom. The lowest BCUT2D eigenvalue weighted by molar-refractivity contribution is -0.142. The summed E-state index contributed by atoms with van der Waals surface area (Å²) in [7, 11) is -2.36. The Bertz CT molecular complexity index is 1810. The lowest BCUT2D eigenvalue weighted by atomic mass is 9.62. The maximum absolute atomic E-state index is 13.6. The van der Waals surface area contributed by atoms with Gasteiger partial charge in [0.25, 0.3) is 5.91 Å². The minimum absolute atomic E-state index is 0.0130. The van der Waals surface area contributed by atoms with E-state index in [0.717, 1.165) is 37.8 Å². The van der Waals surface area contributed by atoms with Crippen LogP contribution in [0, 0.1) is 17.8 Å². The highest BCUT2D eigenvalue weighted by molar-refractivity contribution is 7.90. The normalized spacial score (nSPS) is 32.2. The lowest BCUT2D eigenvalue weighted by Gasteiger charge is -2.52. The molecule has 290 valence electrons. The molecule has 1 spiro atoms. The predicted molar refractivity (Wildman–Crippen MR) is 205 cm³/mol. The molecule has 1 saturated carbocycles. The number of aliphatic hydroxyl groups is 1. The van der Waals surface area contributed by atoms with Crippen molar-refractivity contribution >= 4 is 39.1 Å². The number of β-amino-alcohol motifs (C(OH)–C–C–N with tert-alkyl or cyclic N) is 1. The molecular formula is C40H55ClN4O7S. The molecule has 0 radical (unpaired) electrons. The van der Waals surface area contributed by atoms with Gasteiger partial charge < -0.3 is 24.4 Å². The molecule has 5 aliphatic rings. The summed E-state index contributed by atoms with van der Waals surface area (Å²) in [6.07, 6.45) is 6.39. The van der Waals surface area contributed by atoms with Crippen molar-refractivity contribution in [1.82, 2.24) is 14.5 Å². The zero-order valence-corrected chi connectivity index (χ0v) is 32.9. The molecule has 2 amide bonds. The number of rotatable bonds is 5. The minimum atomic E-state index is -3.99. The van der Waals surface area contributed by atoms with Crippen LogP contribution in [0.1, 0.15) is 80.3 Å².